The van der Waals surface area contributed by atoms with Crippen LogP contribution in [0.2, 0.25) is 0 Å². The van der Waals surface area contributed by atoms with E-state index < -0.39 is 17.7 Å². The number of esters is 1. The number of carbonyl (C=O) groups excluding carboxylic acids is 1. The Morgan fingerprint density at radius 1 is 1.07 bits per heavy atom. The third kappa shape index (κ3) is 4.00. The number of hydrogen-bond donors (Lipinski definition) is 0. The van der Waals surface area contributed by atoms with E-state index >= 15 is 0 Å². The zero-order valence-corrected chi connectivity index (χ0v) is 15.6. The van der Waals surface area contributed by atoms with E-state index in [0.717, 1.165) is 12.1 Å². The van der Waals surface area contributed by atoms with E-state index in [1.807, 2.05) is 6.07 Å². The Morgan fingerprint density at radius 3 is 2.67 bits per heavy atom. The molecule has 0 amide bonds. The number of fused-ring (bicyclic) bond motifs is 1. The Hall–Kier alpha value is -3.75. The molecule has 9 heteroatoms. The molecule has 4 aromatic rings. The molecule has 0 saturated heterocycles. The van der Waals surface area contributed by atoms with E-state index in [4.69, 9.17) is 9.26 Å². The predicted molar refractivity (Wildman–Crippen MR) is 100 cm³/mol. The Balaban J connectivity index is 1.51. The number of pyridine rings is 1. The fourth-order valence-corrected chi connectivity index (χ4v) is 2.95. The molecular formula is C21H14F3N3O3. The lowest BCUT2D eigenvalue weighted by Gasteiger charge is -2.07. The number of halogens is 3. The van der Waals surface area contributed by atoms with Crippen molar-refractivity contribution in [2.45, 2.75) is 19.7 Å². The van der Waals surface area contributed by atoms with Gasteiger partial charge in [-0.15, -0.1) is 0 Å². The van der Waals surface area contributed by atoms with Crippen molar-refractivity contribution in [1.29, 1.82) is 0 Å². The molecule has 0 bridgehead atoms. The summed E-state index contributed by atoms with van der Waals surface area (Å²) in [5.41, 5.74) is 0.981. The van der Waals surface area contributed by atoms with Crippen molar-refractivity contribution in [2.75, 3.05) is 0 Å². The van der Waals surface area contributed by atoms with E-state index in [2.05, 4.69) is 15.1 Å². The monoisotopic (exact) mass is 413 g/mol. The molecule has 0 spiro atoms. The van der Waals surface area contributed by atoms with Crippen LogP contribution in [0.3, 0.4) is 0 Å². The highest BCUT2D eigenvalue weighted by atomic mass is 19.4. The smallest absolute Gasteiger partial charge is 0.416 e. The maximum absolute atomic E-state index is 12.9. The number of nitrogens with zero attached hydrogens (tertiary/aromatic N) is 3. The highest BCUT2D eigenvalue weighted by Gasteiger charge is 2.30. The van der Waals surface area contributed by atoms with Crippen LogP contribution in [0, 0.1) is 6.92 Å². The Kier molecular flexibility index (Phi) is 4.94. The van der Waals surface area contributed by atoms with E-state index in [1.54, 1.807) is 31.2 Å². The number of rotatable bonds is 4. The first-order valence-electron chi connectivity index (χ1n) is 8.85. The molecule has 2 heterocycles. The van der Waals surface area contributed by atoms with Crippen LogP contribution in [0.25, 0.3) is 22.3 Å². The van der Waals surface area contributed by atoms with Gasteiger partial charge in [-0.2, -0.15) is 18.2 Å². The first kappa shape index (κ1) is 19.6. The van der Waals surface area contributed by atoms with Crippen LogP contribution in [0.1, 0.15) is 27.5 Å². The largest absolute Gasteiger partial charge is 0.452 e. The molecule has 0 aliphatic carbocycles. The highest BCUT2D eigenvalue weighted by Crippen LogP contribution is 2.31. The van der Waals surface area contributed by atoms with Crippen molar-refractivity contribution in [3.05, 3.63) is 77.3 Å². The fourth-order valence-electron chi connectivity index (χ4n) is 2.95. The van der Waals surface area contributed by atoms with Gasteiger partial charge in [0.2, 0.25) is 5.82 Å². The van der Waals surface area contributed by atoms with Crippen molar-refractivity contribution in [3.63, 3.8) is 0 Å². The van der Waals surface area contributed by atoms with Crippen LogP contribution in [0.4, 0.5) is 13.2 Å². The average Bonchev–Trinajstić information content (AvgIpc) is 3.20. The lowest BCUT2D eigenvalue weighted by molar-refractivity contribution is -0.137. The second-order valence-corrected chi connectivity index (χ2v) is 6.49. The molecule has 30 heavy (non-hydrogen) atoms. The summed E-state index contributed by atoms with van der Waals surface area (Å²) in [5.74, 6) is -0.668. The van der Waals surface area contributed by atoms with Gasteiger partial charge in [-0.1, -0.05) is 35.5 Å². The van der Waals surface area contributed by atoms with Crippen LogP contribution in [-0.2, 0) is 17.5 Å². The Labute approximate surface area is 168 Å². The number of alkyl halides is 3. The first-order valence-corrected chi connectivity index (χ1v) is 8.85. The molecule has 4 rings (SSSR count). The quantitative estimate of drug-likeness (QED) is 0.440. The molecule has 0 aliphatic heterocycles. The number of para-hydroxylation sites is 1. The second-order valence-electron chi connectivity index (χ2n) is 6.49. The summed E-state index contributed by atoms with van der Waals surface area (Å²) in [6, 6.07) is 13.3. The minimum Gasteiger partial charge on any atom is -0.452 e. The number of ether oxygens (including phenoxy) is 1. The minimum absolute atomic E-state index is 0.0302. The summed E-state index contributed by atoms with van der Waals surface area (Å²) in [4.78, 5) is 20.9. The topological polar surface area (TPSA) is 78.1 Å². The van der Waals surface area contributed by atoms with E-state index in [1.165, 1.54) is 12.1 Å². The van der Waals surface area contributed by atoms with Gasteiger partial charge in [0.05, 0.1) is 16.6 Å². The van der Waals surface area contributed by atoms with Crippen LogP contribution in [-0.4, -0.2) is 21.1 Å². The van der Waals surface area contributed by atoms with Gasteiger partial charge in [0.25, 0.3) is 5.89 Å². The first-order chi connectivity index (χ1) is 14.3. The van der Waals surface area contributed by atoms with E-state index in [0.29, 0.717) is 22.2 Å². The van der Waals surface area contributed by atoms with E-state index in [-0.39, 0.29) is 23.9 Å². The molecule has 2 aromatic carbocycles. The summed E-state index contributed by atoms with van der Waals surface area (Å²) in [5, 5.41) is 4.31. The molecule has 2 aromatic heterocycles. The van der Waals surface area contributed by atoms with Gasteiger partial charge in [-0.05, 0) is 31.2 Å². The summed E-state index contributed by atoms with van der Waals surface area (Å²) in [6.45, 7) is 1.45. The maximum atomic E-state index is 12.9. The van der Waals surface area contributed by atoms with Gasteiger partial charge in [0, 0.05) is 16.6 Å². The molecule has 0 unspecified atom stereocenters. The van der Waals surface area contributed by atoms with Gasteiger partial charge in [0.15, 0.2) is 6.61 Å². The van der Waals surface area contributed by atoms with Crippen LogP contribution in [0.15, 0.2) is 59.1 Å². The number of aryl methyl sites for hydroxylation is 1. The lowest BCUT2D eigenvalue weighted by Crippen LogP contribution is -2.07. The molecule has 0 saturated carbocycles. The molecule has 152 valence electrons. The van der Waals surface area contributed by atoms with Crippen LogP contribution in [0.5, 0.6) is 0 Å². The predicted octanol–water partition coefficient (Wildman–Crippen LogP) is 4.97. The summed E-state index contributed by atoms with van der Waals surface area (Å²) >= 11 is 0. The maximum Gasteiger partial charge on any atom is 0.416 e. The fraction of sp³-hybridized carbons (Fsp3) is 0.143. The molecule has 0 fully saturated rings. The van der Waals surface area contributed by atoms with Crippen LogP contribution < -0.4 is 0 Å². The molecule has 0 atom stereocenters. The third-order valence-electron chi connectivity index (χ3n) is 4.31. The van der Waals surface area contributed by atoms with Crippen LogP contribution >= 0.6 is 0 Å². The van der Waals surface area contributed by atoms with Crippen molar-refractivity contribution in [2.24, 2.45) is 0 Å². The average molecular weight is 413 g/mol. The number of aromatic nitrogens is 3. The Morgan fingerprint density at radius 2 is 1.87 bits per heavy atom. The Bertz CT molecular complexity index is 1230. The van der Waals surface area contributed by atoms with Crippen molar-refractivity contribution in [1.82, 2.24) is 15.1 Å². The second kappa shape index (κ2) is 7.58. The molecule has 0 N–H and O–H groups in total. The molecular weight excluding hydrogens is 399 g/mol. The van der Waals surface area contributed by atoms with Crippen molar-refractivity contribution < 1.29 is 27.2 Å². The SMILES string of the molecule is Cc1cc(C(=O)OCc2nc(-c3cccc(C(F)(F)F)c3)no2)c2ccccc2n1. The number of benzene rings is 2. The summed E-state index contributed by atoms with van der Waals surface area (Å²) in [6.07, 6.45) is -4.48. The molecule has 0 aliphatic rings. The van der Waals surface area contributed by atoms with Gasteiger partial charge in [0.1, 0.15) is 0 Å². The lowest BCUT2D eigenvalue weighted by atomic mass is 10.1. The number of hydrogen-bond acceptors (Lipinski definition) is 6. The molecule has 0 radical (unpaired) electrons. The van der Waals surface area contributed by atoms with Gasteiger partial charge in [-0.25, -0.2) is 4.79 Å². The van der Waals surface area contributed by atoms with Gasteiger partial charge >= 0.3 is 12.1 Å². The third-order valence-corrected chi connectivity index (χ3v) is 4.31. The zero-order valence-electron chi connectivity index (χ0n) is 15.6. The minimum atomic E-state index is -4.48. The highest BCUT2D eigenvalue weighted by molar-refractivity contribution is 6.03. The van der Waals surface area contributed by atoms with Crippen molar-refractivity contribution >= 4 is 16.9 Å². The van der Waals surface area contributed by atoms with Gasteiger partial charge in [-0.3, -0.25) is 4.98 Å². The summed E-state index contributed by atoms with van der Waals surface area (Å²) < 4.78 is 48.9. The van der Waals surface area contributed by atoms with Gasteiger partial charge < -0.3 is 9.26 Å². The van der Waals surface area contributed by atoms with Crippen molar-refractivity contribution in [3.8, 4) is 11.4 Å². The van der Waals surface area contributed by atoms with E-state index in [9.17, 15) is 18.0 Å². The zero-order chi connectivity index (χ0) is 21.3. The summed E-state index contributed by atoms with van der Waals surface area (Å²) in [7, 11) is 0. The number of carbonyl (C=O) groups is 1. The standard InChI is InChI=1S/C21H14F3N3O3/c1-12-9-16(15-7-2-3-8-17(15)25-12)20(28)29-11-18-26-19(27-30-18)13-5-4-6-14(10-13)21(22,23)24/h2-10H,11H2,1H3. The normalized spacial score (nSPS) is 11.6. The molecule has 6 nitrogen and oxygen atoms in total.